The zero-order valence-corrected chi connectivity index (χ0v) is 23.5. The molecule has 1 aromatic carbocycles. The van der Waals surface area contributed by atoms with Crippen molar-refractivity contribution >= 4 is 29.0 Å². The number of hydrogen-bond acceptors (Lipinski definition) is 11. The minimum Gasteiger partial charge on any atom is -0.497 e. The number of rotatable bonds is 6. The van der Waals surface area contributed by atoms with Gasteiger partial charge in [-0.15, -0.1) is 0 Å². The highest BCUT2D eigenvalue weighted by molar-refractivity contribution is 5.83. The number of methoxy groups -OCH3 is 1. The number of carbonyl (C=O) groups excluding carboxylic acids is 2. The lowest BCUT2D eigenvalue weighted by molar-refractivity contribution is -0.137. The van der Waals surface area contributed by atoms with Gasteiger partial charge >= 0.3 is 6.09 Å². The van der Waals surface area contributed by atoms with Crippen LogP contribution < -0.4 is 20.5 Å². The molecule has 6 rings (SSSR count). The van der Waals surface area contributed by atoms with Gasteiger partial charge < -0.3 is 40.4 Å². The highest BCUT2D eigenvalue weighted by atomic mass is 16.6. The van der Waals surface area contributed by atoms with E-state index in [4.69, 9.17) is 19.9 Å². The summed E-state index contributed by atoms with van der Waals surface area (Å²) in [6.45, 7) is 1.12. The number of nitrogen functional groups attached to an aromatic ring is 1. The Bertz CT molecular complexity index is 1550. The van der Waals surface area contributed by atoms with Crippen LogP contribution >= 0.6 is 0 Å². The van der Waals surface area contributed by atoms with E-state index >= 15 is 0 Å². The third-order valence-corrected chi connectivity index (χ3v) is 7.87. The SMILES string of the molecule is COc1ccc(OC(=O)N2CCC(CC#Cc3nc(N)c4ncn([C@@H]5O[C@H](C(=O)NC6CC6)[C@@H](O)[C@@H]5O)c4n3)CC2)cc1. The number of anilines is 1. The summed E-state index contributed by atoms with van der Waals surface area (Å²) in [6, 6.07) is 6.93. The summed E-state index contributed by atoms with van der Waals surface area (Å²) in [5.74, 6) is 7.31. The zero-order valence-electron chi connectivity index (χ0n) is 23.5. The number of carbonyl (C=O) groups is 2. The number of likely N-dealkylation sites (tertiary alicyclic amines) is 1. The molecule has 1 aliphatic carbocycles. The topological polar surface area (TPSA) is 187 Å². The lowest BCUT2D eigenvalue weighted by Gasteiger charge is -2.30. The second kappa shape index (κ2) is 12.0. The first-order valence-electron chi connectivity index (χ1n) is 14.2. The molecule has 0 unspecified atom stereocenters. The minimum absolute atomic E-state index is 0.0800. The molecule has 1 saturated carbocycles. The molecule has 3 aliphatic rings. The second-order valence-corrected chi connectivity index (χ2v) is 10.9. The summed E-state index contributed by atoms with van der Waals surface area (Å²) in [5, 5.41) is 24.0. The maximum atomic E-state index is 12.6. The Kier molecular flexibility index (Phi) is 8.02. The summed E-state index contributed by atoms with van der Waals surface area (Å²) in [7, 11) is 1.57. The van der Waals surface area contributed by atoms with Crippen LogP contribution in [0.5, 0.6) is 11.5 Å². The van der Waals surface area contributed by atoms with Gasteiger partial charge in [0.2, 0.25) is 5.82 Å². The van der Waals surface area contributed by atoms with E-state index < -0.39 is 30.4 Å². The lowest BCUT2D eigenvalue weighted by atomic mass is 9.94. The highest BCUT2D eigenvalue weighted by Crippen LogP contribution is 2.33. The van der Waals surface area contributed by atoms with Crippen molar-refractivity contribution in [2.45, 2.75) is 62.7 Å². The van der Waals surface area contributed by atoms with Crippen molar-refractivity contribution in [3.63, 3.8) is 0 Å². The molecule has 14 nitrogen and oxygen atoms in total. The number of nitrogens with one attached hydrogen (secondary N) is 1. The molecular weight excluding hydrogens is 558 g/mol. The number of fused-ring (bicyclic) bond motifs is 1. The standard InChI is InChI=1S/C29H33N7O7/c1-41-18-7-9-19(10-8-18)42-29(40)35-13-11-16(12-14-35)3-2-4-20-33-25(30)21-26(34-20)36(15-31-21)28-23(38)22(37)24(43-28)27(39)32-17-5-6-17/h7-10,15-17,22-24,28,37-38H,3,5-6,11-14H2,1H3,(H,32,39)(H2,30,33,34)/t22-,23-,24-,28+/m0/s1. The van der Waals surface area contributed by atoms with Crippen molar-refractivity contribution in [3.8, 4) is 23.3 Å². The van der Waals surface area contributed by atoms with E-state index in [2.05, 4.69) is 32.1 Å². The first-order valence-corrected chi connectivity index (χ1v) is 14.2. The van der Waals surface area contributed by atoms with Crippen LogP contribution in [0.15, 0.2) is 30.6 Å². The lowest BCUT2D eigenvalue weighted by Crippen LogP contribution is -2.43. The predicted molar refractivity (Wildman–Crippen MR) is 152 cm³/mol. The van der Waals surface area contributed by atoms with Crippen molar-refractivity contribution in [2.75, 3.05) is 25.9 Å². The molecule has 43 heavy (non-hydrogen) atoms. The fraction of sp³-hybridized carbons (Fsp3) is 0.483. The van der Waals surface area contributed by atoms with E-state index in [1.165, 1.54) is 10.9 Å². The third kappa shape index (κ3) is 6.19. The Morgan fingerprint density at radius 3 is 2.51 bits per heavy atom. The van der Waals surface area contributed by atoms with Gasteiger partial charge in [-0.25, -0.2) is 19.7 Å². The number of nitrogens with two attached hydrogens (primary N) is 1. The Balaban J connectivity index is 1.07. The number of aliphatic hydroxyl groups is 2. The molecule has 0 spiro atoms. The first-order chi connectivity index (χ1) is 20.8. The van der Waals surface area contributed by atoms with Crippen LogP contribution in [0.2, 0.25) is 0 Å². The maximum absolute atomic E-state index is 12.6. The molecule has 0 radical (unpaired) electrons. The fourth-order valence-electron chi connectivity index (χ4n) is 5.20. The monoisotopic (exact) mass is 591 g/mol. The van der Waals surface area contributed by atoms with Crippen LogP contribution in [-0.2, 0) is 9.53 Å². The molecule has 3 fully saturated rings. The Labute approximate surface area is 247 Å². The van der Waals surface area contributed by atoms with Gasteiger partial charge in [0.15, 0.2) is 23.8 Å². The van der Waals surface area contributed by atoms with Crippen molar-refractivity contribution < 1.29 is 34.0 Å². The average Bonchev–Trinajstić information content (AvgIpc) is 3.64. The zero-order chi connectivity index (χ0) is 30.1. The predicted octanol–water partition coefficient (Wildman–Crippen LogP) is 0.968. The van der Waals surface area contributed by atoms with Crippen molar-refractivity contribution in [1.29, 1.82) is 0 Å². The van der Waals surface area contributed by atoms with Gasteiger partial charge in [-0.05, 0) is 61.8 Å². The number of hydrogen-bond donors (Lipinski definition) is 4. The molecular formula is C29H33N7O7. The van der Waals surface area contributed by atoms with Crippen molar-refractivity contribution in [2.24, 2.45) is 5.92 Å². The van der Waals surface area contributed by atoms with E-state index in [9.17, 15) is 19.8 Å². The van der Waals surface area contributed by atoms with E-state index in [1.807, 2.05) is 0 Å². The summed E-state index contributed by atoms with van der Waals surface area (Å²) in [4.78, 5) is 39.7. The van der Waals surface area contributed by atoms with Crippen molar-refractivity contribution in [3.05, 3.63) is 36.4 Å². The number of imidazole rings is 1. The van der Waals surface area contributed by atoms with Gasteiger partial charge in [0, 0.05) is 25.6 Å². The summed E-state index contributed by atoms with van der Waals surface area (Å²) < 4.78 is 17.8. The van der Waals surface area contributed by atoms with Crippen LogP contribution in [0, 0.1) is 17.8 Å². The molecule has 5 N–H and O–H groups in total. The average molecular weight is 592 g/mol. The minimum atomic E-state index is -1.42. The molecule has 4 atom stereocenters. The smallest absolute Gasteiger partial charge is 0.415 e. The Hall–Kier alpha value is -4.45. The molecule has 226 valence electrons. The van der Waals surface area contributed by atoms with Crippen LogP contribution in [0.3, 0.4) is 0 Å². The summed E-state index contributed by atoms with van der Waals surface area (Å²) in [6.07, 6.45) is -0.267. The quantitative estimate of drug-likeness (QED) is 0.299. The number of amides is 2. The fourth-order valence-corrected chi connectivity index (χ4v) is 5.20. The number of piperidine rings is 1. The normalized spacial score (nSPS) is 23.9. The van der Waals surface area contributed by atoms with Crippen LogP contribution in [0.25, 0.3) is 11.2 Å². The summed E-state index contributed by atoms with van der Waals surface area (Å²) >= 11 is 0. The molecule has 2 saturated heterocycles. The second-order valence-electron chi connectivity index (χ2n) is 10.9. The number of aromatic nitrogens is 4. The van der Waals surface area contributed by atoms with Gasteiger partial charge in [0.25, 0.3) is 5.91 Å². The maximum Gasteiger partial charge on any atom is 0.415 e. The molecule has 14 heteroatoms. The van der Waals surface area contributed by atoms with Crippen LogP contribution in [0.1, 0.15) is 44.2 Å². The number of benzene rings is 1. The molecule has 2 amide bonds. The highest BCUT2D eigenvalue weighted by Gasteiger charge is 2.48. The molecule has 2 aromatic heterocycles. The van der Waals surface area contributed by atoms with E-state index in [0.717, 1.165) is 25.7 Å². The number of aliphatic hydroxyl groups excluding tert-OH is 2. The van der Waals surface area contributed by atoms with E-state index in [1.54, 1.807) is 36.3 Å². The number of nitrogens with zero attached hydrogens (tertiary/aromatic N) is 5. The van der Waals surface area contributed by atoms with Gasteiger partial charge in [0.05, 0.1) is 13.4 Å². The van der Waals surface area contributed by atoms with Gasteiger partial charge in [-0.3, -0.25) is 9.36 Å². The first kappa shape index (κ1) is 28.7. The third-order valence-electron chi connectivity index (χ3n) is 7.87. The molecule has 4 heterocycles. The Morgan fingerprint density at radius 2 is 1.81 bits per heavy atom. The largest absolute Gasteiger partial charge is 0.497 e. The van der Waals surface area contributed by atoms with Gasteiger partial charge in [0.1, 0.15) is 29.2 Å². The van der Waals surface area contributed by atoms with Gasteiger partial charge in [-0.2, -0.15) is 0 Å². The molecule has 3 aromatic rings. The van der Waals surface area contributed by atoms with E-state index in [0.29, 0.717) is 31.0 Å². The van der Waals surface area contributed by atoms with Crippen LogP contribution in [0.4, 0.5) is 10.6 Å². The van der Waals surface area contributed by atoms with E-state index in [-0.39, 0.29) is 40.9 Å². The Morgan fingerprint density at radius 1 is 1.09 bits per heavy atom. The van der Waals surface area contributed by atoms with Crippen LogP contribution in [-0.4, -0.2) is 91.2 Å². The van der Waals surface area contributed by atoms with Crippen molar-refractivity contribution in [1.82, 2.24) is 29.7 Å². The molecule has 0 bridgehead atoms. The van der Waals surface area contributed by atoms with Gasteiger partial charge in [-0.1, -0.05) is 5.92 Å². The molecule has 2 aliphatic heterocycles. The number of ether oxygens (including phenoxy) is 3. The summed E-state index contributed by atoms with van der Waals surface area (Å²) in [5.41, 5.74) is 6.68.